The van der Waals surface area contributed by atoms with Crippen LogP contribution in [0.4, 0.5) is 0 Å². The molecule has 0 aromatic heterocycles. The smallest absolute Gasteiger partial charge is 0.0273 e. The highest BCUT2D eigenvalue weighted by Gasteiger charge is 2.11. The van der Waals surface area contributed by atoms with Crippen molar-refractivity contribution < 1.29 is 0 Å². The van der Waals surface area contributed by atoms with Crippen molar-refractivity contribution in [3.8, 4) is 0 Å². The van der Waals surface area contributed by atoms with E-state index >= 15 is 0 Å². The van der Waals surface area contributed by atoms with Crippen LogP contribution in [0.2, 0.25) is 0 Å². The molecule has 0 saturated heterocycles. The molecule has 0 unspecified atom stereocenters. The lowest BCUT2D eigenvalue weighted by atomic mass is 9.88. The van der Waals surface area contributed by atoms with E-state index in [9.17, 15) is 0 Å². The monoisotopic (exact) mass is 639 g/mol. The second-order valence-electron chi connectivity index (χ2n) is 15.4. The van der Waals surface area contributed by atoms with Crippen molar-refractivity contribution in [3.63, 3.8) is 0 Å². The third kappa shape index (κ3) is 26.2. The van der Waals surface area contributed by atoms with E-state index in [1.165, 1.54) is 237 Å². The van der Waals surface area contributed by atoms with Crippen LogP contribution in [0.1, 0.15) is 255 Å². The molecular formula is C46H86. The average molecular weight is 639 g/mol. The van der Waals surface area contributed by atoms with Gasteiger partial charge in [-0.15, -0.1) is 0 Å². The molecule has 0 nitrogen and oxygen atoms in total. The second-order valence-corrected chi connectivity index (χ2v) is 15.4. The Morgan fingerprint density at radius 3 is 0.761 bits per heavy atom. The number of hydrogen-bond acceptors (Lipinski definition) is 0. The van der Waals surface area contributed by atoms with Crippen molar-refractivity contribution in [2.45, 2.75) is 259 Å². The summed E-state index contributed by atoms with van der Waals surface area (Å²) in [5.41, 5.74) is 6.74. The van der Waals surface area contributed by atoms with Crippen LogP contribution in [0.25, 0.3) is 0 Å². The highest BCUT2D eigenvalue weighted by molar-refractivity contribution is 5.39. The fourth-order valence-electron chi connectivity index (χ4n) is 7.66. The first-order chi connectivity index (χ1) is 22.7. The fraction of sp³-hybridized carbons (Fsp3) is 0.870. The molecule has 0 spiro atoms. The van der Waals surface area contributed by atoms with E-state index in [1.54, 1.807) is 16.7 Å². The molecular weight excluding hydrogens is 553 g/mol. The molecule has 0 amide bonds. The van der Waals surface area contributed by atoms with Gasteiger partial charge in [-0.1, -0.05) is 231 Å². The maximum Gasteiger partial charge on any atom is -0.0273 e. The molecule has 0 saturated carbocycles. The number of hydrogen-bond donors (Lipinski definition) is 0. The standard InChI is InChI=1S/C46H86/c1-5-8-11-14-17-20-23-26-29-32-35-38-44-41-43(4)42-45(39-36-33-30-27-24-21-18-15-12-9-6-2)46(44)40-37-34-31-28-25-22-19-16-13-10-7-3/h41-42H,5-40H2,1-4H3. The van der Waals surface area contributed by atoms with Crippen molar-refractivity contribution in [2.24, 2.45) is 0 Å². The van der Waals surface area contributed by atoms with Crippen LogP contribution < -0.4 is 0 Å². The molecule has 0 heterocycles. The maximum atomic E-state index is 2.58. The number of rotatable bonds is 36. The molecule has 0 aliphatic rings. The van der Waals surface area contributed by atoms with Gasteiger partial charge in [-0.05, 0) is 62.1 Å². The van der Waals surface area contributed by atoms with Gasteiger partial charge in [0.1, 0.15) is 0 Å². The van der Waals surface area contributed by atoms with Gasteiger partial charge >= 0.3 is 0 Å². The molecule has 0 fully saturated rings. The summed E-state index contributed by atoms with van der Waals surface area (Å²) < 4.78 is 0. The maximum absolute atomic E-state index is 2.58. The summed E-state index contributed by atoms with van der Waals surface area (Å²) in [6.45, 7) is 9.32. The van der Waals surface area contributed by atoms with E-state index in [2.05, 4.69) is 39.8 Å². The molecule has 1 aromatic rings. The molecule has 0 bridgehead atoms. The summed E-state index contributed by atoms with van der Waals surface area (Å²) in [5.74, 6) is 0. The highest BCUT2D eigenvalue weighted by atomic mass is 14.2. The van der Waals surface area contributed by atoms with E-state index in [0.29, 0.717) is 0 Å². The molecule has 0 N–H and O–H groups in total. The Hall–Kier alpha value is -0.780. The molecule has 1 rings (SSSR count). The van der Waals surface area contributed by atoms with Crippen LogP contribution in [0, 0.1) is 6.92 Å². The van der Waals surface area contributed by atoms with E-state index < -0.39 is 0 Å². The lowest BCUT2D eigenvalue weighted by molar-refractivity contribution is 0.545. The third-order valence-electron chi connectivity index (χ3n) is 10.7. The number of unbranched alkanes of at least 4 members (excludes halogenated alkanes) is 30. The quantitative estimate of drug-likeness (QED) is 0.0642. The Balaban J connectivity index is 2.47. The molecule has 270 valence electrons. The van der Waals surface area contributed by atoms with Gasteiger partial charge in [0, 0.05) is 0 Å². The van der Waals surface area contributed by atoms with Crippen molar-refractivity contribution in [1.82, 2.24) is 0 Å². The van der Waals surface area contributed by atoms with Crippen molar-refractivity contribution >= 4 is 0 Å². The third-order valence-corrected chi connectivity index (χ3v) is 10.7. The Morgan fingerprint density at radius 2 is 0.500 bits per heavy atom. The number of benzene rings is 1. The summed E-state index contributed by atoms with van der Waals surface area (Å²) in [7, 11) is 0. The summed E-state index contributed by atoms with van der Waals surface area (Å²) in [6.07, 6.45) is 51.5. The lowest BCUT2D eigenvalue weighted by Gasteiger charge is -2.17. The van der Waals surface area contributed by atoms with Gasteiger partial charge in [0.05, 0.1) is 0 Å². The molecule has 0 aliphatic carbocycles. The van der Waals surface area contributed by atoms with Crippen molar-refractivity contribution in [1.29, 1.82) is 0 Å². The largest absolute Gasteiger partial charge is 0.0654 e. The minimum Gasteiger partial charge on any atom is -0.0654 e. The molecule has 0 aliphatic heterocycles. The lowest BCUT2D eigenvalue weighted by Crippen LogP contribution is -2.03. The zero-order valence-electron chi connectivity index (χ0n) is 32.6. The Morgan fingerprint density at radius 1 is 0.283 bits per heavy atom. The van der Waals surface area contributed by atoms with Gasteiger partial charge in [-0.25, -0.2) is 0 Å². The minimum absolute atomic E-state index is 1.32. The van der Waals surface area contributed by atoms with Crippen LogP contribution in [-0.4, -0.2) is 0 Å². The van der Waals surface area contributed by atoms with E-state index in [-0.39, 0.29) is 0 Å². The minimum atomic E-state index is 1.32. The van der Waals surface area contributed by atoms with E-state index in [1.807, 2.05) is 0 Å². The van der Waals surface area contributed by atoms with Gasteiger partial charge in [0.25, 0.3) is 0 Å². The van der Waals surface area contributed by atoms with Gasteiger partial charge in [0.15, 0.2) is 0 Å². The normalized spacial score (nSPS) is 11.6. The number of aryl methyl sites for hydroxylation is 3. The summed E-state index contributed by atoms with van der Waals surface area (Å²) >= 11 is 0. The molecule has 0 radical (unpaired) electrons. The van der Waals surface area contributed by atoms with Crippen LogP contribution in [-0.2, 0) is 19.3 Å². The molecule has 46 heavy (non-hydrogen) atoms. The van der Waals surface area contributed by atoms with Crippen LogP contribution in [0.15, 0.2) is 12.1 Å². The van der Waals surface area contributed by atoms with Crippen molar-refractivity contribution in [2.75, 3.05) is 0 Å². The zero-order chi connectivity index (χ0) is 33.2. The Bertz CT molecular complexity index is 697. The van der Waals surface area contributed by atoms with Gasteiger partial charge in [-0.2, -0.15) is 0 Å². The first-order valence-corrected chi connectivity index (χ1v) is 21.8. The summed E-state index contributed by atoms with van der Waals surface area (Å²) in [6, 6.07) is 5.16. The van der Waals surface area contributed by atoms with Crippen molar-refractivity contribution in [3.05, 3.63) is 34.4 Å². The molecule has 1 aromatic carbocycles. The summed E-state index contributed by atoms with van der Waals surface area (Å²) in [5, 5.41) is 0. The van der Waals surface area contributed by atoms with Gasteiger partial charge in [-0.3, -0.25) is 0 Å². The Kier molecular flexibility index (Phi) is 32.1. The molecule has 0 heteroatoms. The topological polar surface area (TPSA) is 0 Å². The van der Waals surface area contributed by atoms with E-state index in [4.69, 9.17) is 0 Å². The fourth-order valence-corrected chi connectivity index (χ4v) is 7.66. The first kappa shape index (κ1) is 43.2. The van der Waals surface area contributed by atoms with Gasteiger partial charge in [0.2, 0.25) is 0 Å². The molecule has 0 atom stereocenters. The zero-order valence-corrected chi connectivity index (χ0v) is 32.6. The van der Waals surface area contributed by atoms with E-state index in [0.717, 1.165) is 0 Å². The SMILES string of the molecule is CCCCCCCCCCCCCc1cc(C)cc(CCCCCCCCCCCCC)c1CCCCCCCCCCCCC. The van der Waals surface area contributed by atoms with Crippen LogP contribution >= 0.6 is 0 Å². The summed E-state index contributed by atoms with van der Waals surface area (Å²) in [4.78, 5) is 0. The van der Waals surface area contributed by atoms with Gasteiger partial charge < -0.3 is 0 Å². The Labute approximate surface area is 292 Å². The van der Waals surface area contributed by atoms with Crippen LogP contribution in [0.3, 0.4) is 0 Å². The predicted octanol–water partition coefficient (Wildman–Crippen LogP) is 16.6. The second kappa shape index (κ2) is 34.1. The highest BCUT2D eigenvalue weighted by Crippen LogP contribution is 2.26. The van der Waals surface area contributed by atoms with Crippen LogP contribution in [0.5, 0.6) is 0 Å². The predicted molar refractivity (Wildman–Crippen MR) is 212 cm³/mol. The first-order valence-electron chi connectivity index (χ1n) is 21.8. The average Bonchev–Trinajstić information content (AvgIpc) is 3.05.